The molecule has 0 atom stereocenters. The Morgan fingerprint density at radius 1 is 1.31 bits per heavy atom. The average Bonchev–Trinajstić information content (AvgIpc) is 3.09. The first kappa shape index (κ1) is 12.9. The van der Waals surface area contributed by atoms with E-state index in [-0.39, 0.29) is 12.4 Å². The molecule has 1 saturated carbocycles. The Morgan fingerprint density at radius 3 is 2.56 bits per heavy atom. The van der Waals surface area contributed by atoms with Gasteiger partial charge in [-0.15, -0.1) is 18.8 Å². The van der Waals surface area contributed by atoms with Crippen molar-refractivity contribution in [2.24, 2.45) is 0 Å². The number of ether oxygens (including phenoxy) is 1. The van der Waals surface area contributed by atoms with Crippen molar-refractivity contribution in [2.75, 3.05) is 6.61 Å². The topological polar surface area (TPSA) is 21.3 Å². The summed E-state index contributed by atoms with van der Waals surface area (Å²) in [7, 11) is 0. The van der Waals surface area contributed by atoms with E-state index in [0.717, 1.165) is 18.3 Å². The molecule has 0 heterocycles. The summed E-state index contributed by atoms with van der Waals surface area (Å²) in [6, 6.07) is 8.81. The van der Waals surface area contributed by atoms with Crippen molar-refractivity contribution in [1.82, 2.24) is 5.32 Å². The predicted molar refractivity (Wildman–Crippen MR) is 67.9 cm³/mol. The second kappa shape index (κ2) is 6.42. The van der Waals surface area contributed by atoms with Crippen molar-refractivity contribution in [1.29, 1.82) is 0 Å². The predicted octanol–water partition coefficient (Wildman–Crippen LogP) is 2.37. The molecule has 0 bridgehead atoms. The van der Waals surface area contributed by atoms with Crippen LogP contribution in [0.2, 0.25) is 0 Å². The van der Waals surface area contributed by atoms with Gasteiger partial charge in [0.05, 0.1) is 0 Å². The Labute approximate surface area is 103 Å². The summed E-state index contributed by atoms with van der Waals surface area (Å²) in [4.78, 5) is 0. The Hall–Kier alpha value is -1.17. The van der Waals surface area contributed by atoms with Gasteiger partial charge in [-0.1, -0.05) is 18.1 Å². The van der Waals surface area contributed by atoms with Gasteiger partial charge < -0.3 is 10.1 Å². The van der Waals surface area contributed by atoms with E-state index < -0.39 is 0 Å². The molecule has 2 rings (SSSR count). The van der Waals surface area contributed by atoms with Gasteiger partial charge in [0, 0.05) is 12.6 Å². The third kappa shape index (κ3) is 4.14. The normalized spacial score (nSPS) is 13.7. The quantitative estimate of drug-likeness (QED) is 0.794. The molecule has 1 aliphatic carbocycles. The van der Waals surface area contributed by atoms with E-state index in [1.54, 1.807) is 0 Å². The van der Waals surface area contributed by atoms with Gasteiger partial charge in [-0.3, -0.25) is 0 Å². The summed E-state index contributed by atoms with van der Waals surface area (Å²) in [5.41, 5.74) is 1.29. The molecule has 2 nitrogen and oxygen atoms in total. The molecule has 1 aromatic rings. The number of benzene rings is 1. The molecule has 0 unspecified atom stereocenters. The molecule has 1 aliphatic rings. The summed E-state index contributed by atoms with van der Waals surface area (Å²) in [6.45, 7) is 1.28. The van der Waals surface area contributed by atoms with Gasteiger partial charge in [0.2, 0.25) is 0 Å². The zero-order chi connectivity index (χ0) is 10.5. The number of nitrogens with one attached hydrogen (secondary N) is 1. The minimum Gasteiger partial charge on any atom is -0.481 e. The fraction of sp³-hybridized carbons (Fsp3) is 0.385. The van der Waals surface area contributed by atoms with Gasteiger partial charge in [-0.05, 0) is 30.5 Å². The third-order valence-corrected chi connectivity index (χ3v) is 2.42. The van der Waals surface area contributed by atoms with Crippen LogP contribution in [0.15, 0.2) is 24.3 Å². The second-order valence-electron chi connectivity index (χ2n) is 3.79. The lowest BCUT2D eigenvalue weighted by Gasteiger charge is -2.05. The zero-order valence-electron chi connectivity index (χ0n) is 9.11. The van der Waals surface area contributed by atoms with Gasteiger partial charge in [-0.2, -0.15) is 0 Å². The van der Waals surface area contributed by atoms with E-state index in [1.165, 1.54) is 18.4 Å². The fourth-order valence-corrected chi connectivity index (χ4v) is 1.38. The fourth-order valence-electron chi connectivity index (χ4n) is 1.38. The first-order valence-corrected chi connectivity index (χ1v) is 5.27. The van der Waals surface area contributed by atoms with Crippen molar-refractivity contribution in [3.8, 4) is 18.1 Å². The number of terminal acetylenes is 1. The van der Waals surface area contributed by atoms with Gasteiger partial charge in [-0.25, -0.2) is 0 Å². The van der Waals surface area contributed by atoms with Crippen LogP contribution in [0.4, 0.5) is 0 Å². The van der Waals surface area contributed by atoms with Gasteiger partial charge in [0.25, 0.3) is 0 Å². The van der Waals surface area contributed by atoms with Crippen LogP contribution in [0.1, 0.15) is 18.4 Å². The zero-order valence-corrected chi connectivity index (χ0v) is 9.93. The van der Waals surface area contributed by atoms with E-state index in [0.29, 0.717) is 6.61 Å². The molecule has 0 amide bonds. The van der Waals surface area contributed by atoms with Crippen LogP contribution in [-0.2, 0) is 6.54 Å². The summed E-state index contributed by atoms with van der Waals surface area (Å²) in [5, 5.41) is 3.46. The minimum absolute atomic E-state index is 0. The summed E-state index contributed by atoms with van der Waals surface area (Å²) in [6.07, 6.45) is 7.75. The molecule has 3 heteroatoms. The van der Waals surface area contributed by atoms with E-state index in [9.17, 15) is 0 Å². The molecule has 1 N–H and O–H groups in total. The number of rotatable bonds is 5. The maximum Gasteiger partial charge on any atom is 0.148 e. The van der Waals surface area contributed by atoms with Crippen molar-refractivity contribution in [3.63, 3.8) is 0 Å². The van der Waals surface area contributed by atoms with E-state index >= 15 is 0 Å². The van der Waals surface area contributed by atoms with E-state index in [4.69, 9.17) is 11.2 Å². The van der Waals surface area contributed by atoms with Crippen LogP contribution in [0, 0.1) is 12.3 Å². The lowest BCUT2D eigenvalue weighted by molar-refractivity contribution is 0.370. The van der Waals surface area contributed by atoms with Crippen LogP contribution in [0.3, 0.4) is 0 Å². The smallest absolute Gasteiger partial charge is 0.148 e. The highest BCUT2D eigenvalue weighted by molar-refractivity contribution is 5.85. The van der Waals surface area contributed by atoms with Crippen molar-refractivity contribution < 1.29 is 4.74 Å². The highest BCUT2D eigenvalue weighted by Crippen LogP contribution is 2.19. The Kier molecular flexibility index (Phi) is 5.18. The highest BCUT2D eigenvalue weighted by atomic mass is 35.5. The molecule has 0 aliphatic heterocycles. The number of hydrogen-bond acceptors (Lipinski definition) is 2. The molecule has 1 fully saturated rings. The van der Waals surface area contributed by atoms with E-state index in [2.05, 4.69) is 23.4 Å². The van der Waals surface area contributed by atoms with Crippen LogP contribution < -0.4 is 10.1 Å². The third-order valence-electron chi connectivity index (χ3n) is 2.42. The second-order valence-corrected chi connectivity index (χ2v) is 3.79. The van der Waals surface area contributed by atoms with Crippen molar-refractivity contribution in [2.45, 2.75) is 25.4 Å². The van der Waals surface area contributed by atoms with Crippen LogP contribution >= 0.6 is 12.4 Å². The summed E-state index contributed by atoms with van der Waals surface area (Å²) >= 11 is 0. The average molecular weight is 238 g/mol. The molecule has 86 valence electrons. The standard InChI is InChI=1S/C13H15NO.ClH/c1-2-9-15-13-7-3-11(4-8-13)10-14-12-5-6-12;/h1,3-4,7-8,12,14H,5-6,9-10H2;1H. The lowest BCUT2D eigenvalue weighted by Crippen LogP contribution is -2.15. The summed E-state index contributed by atoms with van der Waals surface area (Å²) in [5.74, 6) is 3.28. The maximum absolute atomic E-state index is 5.29. The Bertz CT molecular complexity index is 351. The van der Waals surface area contributed by atoms with Crippen molar-refractivity contribution in [3.05, 3.63) is 29.8 Å². The van der Waals surface area contributed by atoms with Gasteiger partial charge in [0.1, 0.15) is 12.4 Å². The lowest BCUT2D eigenvalue weighted by atomic mass is 10.2. The molecule has 16 heavy (non-hydrogen) atoms. The van der Waals surface area contributed by atoms with Gasteiger partial charge in [0.15, 0.2) is 0 Å². The monoisotopic (exact) mass is 237 g/mol. The Morgan fingerprint density at radius 2 is 2.00 bits per heavy atom. The molecule has 0 spiro atoms. The SMILES string of the molecule is C#CCOc1ccc(CNC2CC2)cc1.Cl. The molecule has 1 aromatic carbocycles. The van der Waals surface area contributed by atoms with Gasteiger partial charge >= 0.3 is 0 Å². The number of halogens is 1. The van der Waals surface area contributed by atoms with Crippen molar-refractivity contribution >= 4 is 12.4 Å². The molecule has 0 aromatic heterocycles. The molecule has 0 radical (unpaired) electrons. The first-order valence-electron chi connectivity index (χ1n) is 5.27. The summed E-state index contributed by atoms with van der Waals surface area (Å²) < 4.78 is 5.29. The molecular weight excluding hydrogens is 222 g/mol. The highest BCUT2D eigenvalue weighted by Gasteiger charge is 2.19. The maximum atomic E-state index is 5.29. The van der Waals surface area contributed by atoms with Crippen LogP contribution in [0.5, 0.6) is 5.75 Å². The van der Waals surface area contributed by atoms with Crippen LogP contribution in [-0.4, -0.2) is 12.6 Å². The molecule has 0 saturated heterocycles. The molecular formula is C13H16ClNO. The first-order chi connectivity index (χ1) is 7.38. The largest absolute Gasteiger partial charge is 0.481 e. The Balaban J connectivity index is 0.00000128. The van der Waals surface area contributed by atoms with E-state index in [1.807, 2.05) is 12.1 Å². The van der Waals surface area contributed by atoms with Crippen LogP contribution in [0.25, 0.3) is 0 Å². The minimum atomic E-state index is 0. The number of hydrogen-bond donors (Lipinski definition) is 1.